The van der Waals surface area contributed by atoms with Gasteiger partial charge in [-0.1, -0.05) is 0 Å². The van der Waals surface area contributed by atoms with Crippen molar-refractivity contribution >= 4 is 0 Å². The molecule has 0 saturated heterocycles. The molecule has 80 valence electrons. The van der Waals surface area contributed by atoms with Crippen molar-refractivity contribution in [2.24, 2.45) is 11.1 Å². The van der Waals surface area contributed by atoms with Gasteiger partial charge in [-0.05, 0) is 56.8 Å². The summed E-state index contributed by atoms with van der Waals surface area (Å²) in [4.78, 5) is 0. The molecule has 3 saturated carbocycles. The van der Waals surface area contributed by atoms with Gasteiger partial charge in [-0.15, -0.1) is 0 Å². The molecule has 3 aliphatic carbocycles. The third kappa shape index (κ3) is 1.59. The standard InChI is InChI=1S/C12H22N2/c13-9-12(14-10-1-2-10)7-5-11(3-4-11)6-8-12/h10,14H,1-9,13H2. The Balaban J connectivity index is 1.62. The van der Waals surface area contributed by atoms with Gasteiger partial charge < -0.3 is 11.1 Å². The van der Waals surface area contributed by atoms with Crippen LogP contribution in [0.5, 0.6) is 0 Å². The Morgan fingerprint density at radius 3 is 2.00 bits per heavy atom. The Morgan fingerprint density at radius 2 is 1.57 bits per heavy atom. The number of hydrogen-bond donors (Lipinski definition) is 2. The predicted molar refractivity (Wildman–Crippen MR) is 58.1 cm³/mol. The number of hydrogen-bond acceptors (Lipinski definition) is 2. The Kier molecular flexibility index (Phi) is 1.94. The first-order valence-electron chi connectivity index (χ1n) is 6.24. The number of nitrogens with one attached hydrogen (secondary N) is 1. The molecule has 0 heterocycles. The predicted octanol–water partition coefficient (Wildman–Crippen LogP) is 1.79. The summed E-state index contributed by atoms with van der Waals surface area (Å²) in [5.74, 6) is 0. The lowest BCUT2D eigenvalue weighted by Crippen LogP contribution is -2.54. The summed E-state index contributed by atoms with van der Waals surface area (Å²) in [5.41, 5.74) is 7.08. The SMILES string of the molecule is NCC1(NC2CC2)CCC2(CC2)CC1. The fourth-order valence-electron chi connectivity index (χ4n) is 3.00. The first-order chi connectivity index (χ1) is 6.76. The molecule has 14 heavy (non-hydrogen) atoms. The Morgan fingerprint density at radius 1 is 1.00 bits per heavy atom. The molecule has 0 aromatic carbocycles. The van der Waals surface area contributed by atoms with Gasteiger partial charge in [0.05, 0.1) is 0 Å². The van der Waals surface area contributed by atoms with Crippen molar-refractivity contribution in [2.75, 3.05) is 6.54 Å². The van der Waals surface area contributed by atoms with Crippen LogP contribution in [-0.4, -0.2) is 18.1 Å². The average molecular weight is 194 g/mol. The van der Waals surface area contributed by atoms with Crippen LogP contribution in [0.1, 0.15) is 51.4 Å². The second-order valence-corrected chi connectivity index (χ2v) is 5.90. The molecule has 0 unspecified atom stereocenters. The molecule has 0 aromatic rings. The van der Waals surface area contributed by atoms with Gasteiger partial charge in [0.2, 0.25) is 0 Å². The Bertz CT molecular complexity index is 218. The Labute approximate surface area is 86.6 Å². The van der Waals surface area contributed by atoms with Gasteiger partial charge in [-0.2, -0.15) is 0 Å². The highest BCUT2D eigenvalue weighted by atomic mass is 15.1. The average Bonchev–Trinajstić information content (AvgIpc) is 3.08. The van der Waals surface area contributed by atoms with E-state index in [0.29, 0.717) is 5.54 Å². The number of rotatable bonds is 3. The van der Waals surface area contributed by atoms with Crippen LogP contribution in [0.3, 0.4) is 0 Å². The fraction of sp³-hybridized carbons (Fsp3) is 1.00. The minimum absolute atomic E-state index is 0.328. The molecule has 3 rings (SSSR count). The molecule has 0 amide bonds. The summed E-state index contributed by atoms with van der Waals surface area (Å²) >= 11 is 0. The third-order valence-electron chi connectivity index (χ3n) is 4.70. The Hall–Kier alpha value is -0.0800. The van der Waals surface area contributed by atoms with Crippen molar-refractivity contribution in [1.29, 1.82) is 0 Å². The first kappa shape index (κ1) is 9.17. The minimum atomic E-state index is 0.328. The lowest BCUT2D eigenvalue weighted by Gasteiger charge is -2.41. The quantitative estimate of drug-likeness (QED) is 0.719. The van der Waals surface area contributed by atoms with Gasteiger partial charge in [-0.3, -0.25) is 0 Å². The van der Waals surface area contributed by atoms with Crippen molar-refractivity contribution < 1.29 is 0 Å². The van der Waals surface area contributed by atoms with E-state index in [1.54, 1.807) is 0 Å². The van der Waals surface area contributed by atoms with E-state index in [1.165, 1.54) is 51.4 Å². The second kappa shape index (κ2) is 2.96. The summed E-state index contributed by atoms with van der Waals surface area (Å²) in [6.45, 7) is 0.847. The van der Waals surface area contributed by atoms with Gasteiger partial charge in [0.15, 0.2) is 0 Å². The van der Waals surface area contributed by atoms with Crippen LogP contribution in [0.15, 0.2) is 0 Å². The molecule has 3 fully saturated rings. The van der Waals surface area contributed by atoms with Gasteiger partial charge in [0.1, 0.15) is 0 Å². The van der Waals surface area contributed by atoms with E-state index in [-0.39, 0.29) is 0 Å². The molecule has 2 nitrogen and oxygen atoms in total. The molecule has 0 aliphatic heterocycles. The topological polar surface area (TPSA) is 38.0 Å². The highest BCUT2D eigenvalue weighted by molar-refractivity contribution is 5.06. The summed E-state index contributed by atoms with van der Waals surface area (Å²) in [7, 11) is 0. The van der Waals surface area contributed by atoms with E-state index in [2.05, 4.69) is 5.32 Å². The summed E-state index contributed by atoms with van der Waals surface area (Å²) in [6.07, 6.45) is 11.3. The summed E-state index contributed by atoms with van der Waals surface area (Å²) < 4.78 is 0. The maximum Gasteiger partial charge on any atom is 0.0306 e. The number of nitrogens with two attached hydrogens (primary N) is 1. The van der Waals surface area contributed by atoms with Crippen LogP contribution in [0.4, 0.5) is 0 Å². The zero-order valence-electron chi connectivity index (χ0n) is 9.02. The second-order valence-electron chi connectivity index (χ2n) is 5.90. The maximum absolute atomic E-state index is 5.96. The van der Waals surface area contributed by atoms with Gasteiger partial charge >= 0.3 is 0 Å². The molecular weight excluding hydrogens is 172 g/mol. The van der Waals surface area contributed by atoms with E-state index in [0.717, 1.165) is 18.0 Å². The zero-order chi connectivity index (χ0) is 9.65. The first-order valence-corrected chi connectivity index (χ1v) is 6.24. The molecular formula is C12H22N2. The van der Waals surface area contributed by atoms with Crippen molar-refractivity contribution in [1.82, 2.24) is 5.32 Å². The molecule has 1 spiro atoms. The van der Waals surface area contributed by atoms with Crippen LogP contribution < -0.4 is 11.1 Å². The molecule has 0 atom stereocenters. The van der Waals surface area contributed by atoms with Crippen LogP contribution in [0.25, 0.3) is 0 Å². The van der Waals surface area contributed by atoms with Crippen molar-refractivity contribution in [3.8, 4) is 0 Å². The fourth-order valence-corrected chi connectivity index (χ4v) is 3.00. The minimum Gasteiger partial charge on any atom is -0.329 e. The molecule has 0 radical (unpaired) electrons. The smallest absolute Gasteiger partial charge is 0.0306 e. The molecule has 0 aromatic heterocycles. The largest absolute Gasteiger partial charge is 0.329 e. The van der Waals surface area contributed by atoms with Gasteiger partial charge in [-0.25, -0.2) is 0 Å². The zero-order valence-corrected chi connectivity index (χ0v) is 9.02. The van der Waals surface area contributed by atoms with Gasteiger partial charge in [0.25, 0.3) is 0 Å². The van der Waals surface area contributed by atoms with Crippen LogP contribution in [-0.2, 0) is 0 Å². The van der Waals surface area contributed by atoms with E-state index in [4.69, 9.17) is 5.73 Å². The van der Waals surface area contributed by atoms with Crippen molar-refractivity contribution in [3.63, 3.8) is 0 Å². The monoisotopic (exact) mass is 194 g/mol. The molecule has 2 heteroatoms. The van der Waals surface area contributed by atoms with E-state index in [1.807, 2.05) is 0 Å². The van der Waals surface area contributed by atoms with Crippen LogP contribution in [0.2, 0.25) is 0 Å². The summed E-state index contributed by atoms with van der Waals surface area (Å²) in [6, 6.07) is 0.812. The maximum atomic E-state index is 5.96. The lowest BCUT2D eigenvalue weighted by atomic mass is 9.74. The normalized spacial score (nSPS) is 33.2. The van der Waals surface area contributed by atoms with Crippen molar-refractivity contribution in [2.45, 2.75) is 62.9 Å². The third-order valence-corrected chi connectivity index (χ3v) is 4.70. The molecule has 0 bridgehead atoms. The van der Waals surface area contributed by atoms with Crippen LogP contribution >= 0.6 is 0 Å². The van der Waals surface area contributed by atoms with E-state index in [9.17, 15) is 0 Å². The highest BCUT2D eigenvalue weighted by Crippen LogP contribution is 2.57. The molecule has 3 N–H and O–H groups in total. The summed E-state index contributed by atoms with van der Waals surface area (Å²) in [5, 5.41) is 3.80. The van der Waals surface area contributed by atoms with Crippen LogP contribution in [0, 0.1) is 5.41 Å². The van der Waals surface area contributed by atoms with Gasteiger partial charge in [0, 0.05) is 18.1 Å². The molecule has 3 aliphatic rings. The van der Waals surface area contributed by atoms with E-state index >= 15 is 0 Å². The highest BCUT2D eigenvalue weighted by Gasteiger charge is 2.49. The van der Waals surface area contributed by atoms with E-state index < -0.39 is 0 Å². The lowest BCUT2D eigenvalue weighted by molar-refractivity contribution is 0.180. The van der Waals surface area contributed by atoms with Crippen molar-refractivity contribution in [3.05, 3.63) is 0 Å².